The lowest BCUT2D eigenvalue weighted by Gasteiger charge is -2.21. The Bertz CT molecular complexity index is 447. The van der Waals surface area contributed by atoms with Crippen LogP contribution in [0.15, 0.2) is 30.3 Å². The number of amides is 1. The molecule has 0 aliphatic heterocycles. The highest BCUT2D eigenvalue weighted by molar-refractivity contribution is 5.93. The molecule has 1 rings (SSSR count). The third-order valence-corrected chi connectivity index (χ3v) is 3.08. The van der Waals surface area contributed by atoms with Gasteiger partial charge in [-0.3, -0.25) is 4.79 Å². The topological polar surface area (TPSA) is 55.8 Å². The van der Waals surface area contributed by atoms with E-state index >= 15 is 0 Å². The highest BCUT2D eigenvalue weighted by Gasteiger charge is 2.24. The minimum Gasteiger partial charge on any atom is -0.311 e. The molecule has 0 heterocycles. The van der Waals surface area contributed by atoms with E-state index in [0.717, 1.165) is 12.8 Å². The van der Waals surface area contributed by atoms with Gasteiger partial charge in [-0.15, -0.1) is 0 Å². The SMILES string of the molecule is CCCCON(OC(=O)[C@@H](C)CC)C(=O)c1ccccc1. The van der Waals surface area contributed by atoms with Crippen molar-refractivity contribution in [2.75, 3.05) is 6.61 Å². The summed E-state index contributed by atoms with van der Waals surface area (Å²) in [4.78, 5) is 34.6. The number of unbranched alkanes of at least 4 members (excludes halogenated alkanes) is 1. The second-order valence-electron chi connectivity index (χ2n) is 4.83. The van der Waals surface area contributed by atoms with Crippen LogP contribution in [0.5, 0.6) is 0 Å². The molecule has 1 aromatic rings. The highest BCUT2D eigenvalue weighted by Crippen LogP contribution is 2.11. The second kappa shape index (κ2) is 9.13. The minimum absolute atomic E-state index is 0.286. The Morgan fingerprint density at radius 2 is 1.86 bits per heavy atom. The van der Waals surface area contributed by atoms with E-state index < -0.39 is 11.9 Å². The van der Waals surface area contributed by atoms with E-state index in [4.69, 9.17) is 9.68 Å². The first-order chi connectivity index (χ1) is 10.1. The van der Waals surface area contributed by atoms with Gasteiger partial charge in [-0.25, -0.2) is 9.63 Å². The Morgan fingerprint density at radius 1 is 1.19 bits per heavy atom. The average Bonchev–Trinajstić information content (AvgIpc) is 2.53. The van der Waals surface area contributed by atoms with Crippen LogP contribution >= 0.6 is 0 Å². The third-order valence-electron chi connectivity index (χ3n) is 3.08. The lowest BCUT2D eigenvalue weighted by Crippen LogP contribution is -2.35. The van der Waals surface area contributed by atoms with Crippen LogP contribution in [-0.2, 0) is 14.5 Å². The molecule has 0 saturated heterocycles. The van der Waals surface area contributed by atoms with Crippen molar-refractivity contribution in [1.82, 2.24) is 5.23 Å². The van der Waals surface area contributed by atoms with Crippen molar-refractivity contribution in [3.63, 3.8) is 0 Å². The summed E-state index contributed by atoms with van der Waals surface area (Å²) in [6.07, 6.45) is 2.34. The average molecular weight is 293 g/mol. The van der Waals surface area contributed by atoms with Crippen LogP contribution in [0, 0.1) is 5.92 Å². The molecule has 5 heteroatoms. The summed E-state index contributed by atoms with van der Waals surface area (Å²) >= 11 is 0. The van der Waals surface area contributed by atoms with Crippen molar-refractivity contribution in [1.29, 1.82) is 0 Å². The first-order valence-corrected chi connectivity index (χ1v) is 7.34. The van der Waals surface area contributed by atoms with Gasteiger partial charge in [-0.05, 0) is 30.2 Å². The van der Waals surface area contributed by atoms with Gasteiger partial charge in [-0.1, -0.05) is 45.4 Å². The van der Waals surface area contributed by atoms with Gasteiger partial charge in [0.25, 0.3) is 0 Å². The zero-order valence-electron chi connectivity index (χ0n) is 12.9. The molecule has 1 atom stereocenters. The molecule has 0 unspecified atom stereocenters. The molecule has 0 spiro atoms. The van der Waals surface area contributed by atoms with Crippen molar-refractivity contribution >= 4 is 11.9 Å². The van der Waals surface area contributed by atoms with Crippen LogP contribution in [0.25, 0.3) is 0 Å². The molecule has 116 valence electrons. The van der Waals surface area contributed by atoms with Gasteiger partial charge >= 0.3 is 11.9 Å². The van der Waals surface area contributed by atoms with E-state index in [0.29, 0.717) is 23.8 Å². The summed E-state index contributed by atoms with van der Waals surface area (Å²) in [6.45, 7) is 5.97. The molecule has 5 nitrogen and oxygen atoms in total. The fraction of sp³-hybridized carbons (Fsp3) is 0.500. The molecule has 1 amide bonds. The first kappa shape index (κ1) is 17.2. The van der Waals surface area contributed by atoms with Crippen LogP contribution in [0.4, 0.5) is 0 Å². The van der Waals surface area contributed by atoms with Crippen LogP contribution in [0.2, 0.25) is 0 Å². The smallest absolute Gasteiger partial charge is 0.311 e. The van der Waals surface area contributed by atoms with Crippen LogP contribution in [0.1, 0.15) is 50.4 Å². The molecule has 0 bridgehead atoms. The fourth-order valence-corrected chi connectivity index (χ4v) is 1.44. The zero-order chi connectivity index (χ0) is 15.7. The second-order valence-corrected chi connectivity index (χ2v) is 4.83. The molecule has 0 aliphatic rings. The molecule has 0 aromatic heterocycles. The first-order valence-electron chi connectivity index (χ1n) is 7.34. The van der Waals surface area contributed by atoms with Crippen LogP contribution < -0.4 is 0 Å². The van der Waals surface area contributed by atoms with Crippen molar-refractivity contribution < 1.29 is 19.3 Å². The van der Waals surface area contributed by atoms with E-state index in [-0.39, 0.29) is 5.92 Å². The Labute approximate surface area is 125 Å². The molecular formula is C16H23NO4. The molecule has 0 saturated carbocycles. The zero-order valence-corrected chi connectivity index (χ0v) is 12.9. The van der Waals surface area contributed by atoms with Crippen LogP contribution in [-0.4, -0.2) is 23.7 Å². The lowest BCUT2D eigenvalue weighted by molar-refractivity contribution is -0.310. The van der Waals surface area contributed by atoms with Gasteiger partial charge < -0.3 is 4.84 Å². The predicted molar refractivity (Wildman–Crippen MR) is 79.0 cm³/mol. The number of hydrogen-bond donors (Lipinski definition) is 0. The van der Waals surface area contributed by atoms with E-state index in [1.54, 1.807) is 31.2 Å². The van der Waals surface area contributed by atoms with Crippen molar-refractivity contribution in [3.8, 4) is 0 Å². The number of carbonyl (C=O) groups excluding carboxylic acids is 2. The van der Waals surface area contributed by atoms with Gasteiger partial charge in [0.05, 0.1) is 12.5 Å². The molecular weight excluding hydrogens is 270 g/mol. The van der Waals surface area contributed by atoms with E-state index in [1.165, 1.54) is 0 Å². The Kier molecular flexibility index (Phi) is 7.46. The summed E-state index contributed by atoms with van der Waals surface area (Å²) in [5.74, 6) is -1.24. The summed E-state index contributed by atoms with van der Waals surface area (Å²) in [7, 11) is 0. The molecule has 21 heavy (non-hydrogen) atoms. The van der Waals surface area contributed by atoms with Gasteiger partial charge in [0.1, 0.15) is 0 Å². The quantitative estimate of drug-likeness (QED) is 0.571. The van der Waals surface area contributed by atoms with Crippen molar-refractivity contribution in [3.05, 3.63) is 35.9 Å². The maximum absolute atomic E-state index is 12.3. The Hall–Kier alpha value is -1.88. The summed E-state index contributed by atoms with van der Waals surface area (Å²) in [5.41, 5.74) is 0.408. The van der Waals surface area contributed by atoms with E-state index in [2.05, 4.69) is 0 Å². The number of hydroxylamine groups is 2. The number of carbonyl (C=O) groups is 2. The maximum atomic E-state index is 12.3. The Morgan fingerprint density at radius 3 is 2.43 bits per heavy atom. The maximum Gasteiger partial charge on any atom is 0.338 e. The van der Waals surface area contributed by atoms with Gasteiger partial charge in [0, 0.05) is 5.56 Å². The summed E-state index contributed by atoms with van der Waals surface area (Å²) in [6, 6.07) is 8.59. The molecule has 0 fully saturated rings. The highest BCUT2D eigenvalue weighted by atomic mass is 17.0. The lowest BCUT2D eigenvalue weighted by atomic mass is 10.1. The largest absolute Gasteiger partial charge is 0.338 e. The number of rotatable bonds is 7. The van der Waals surface area contributed by atoms with Gasteiger partial charge in [0.2, 0.25) is 0 Å². The summed E-state index contributed by atoms with van der Waals surface area (Å²) < 4.78 is 0. The van der Waals surface area contributed by atoms with Crippen molar-refractivity contribution in [2.24, 2.45) is 5.92 Å². The van der Waals surface area contributed by atoms with Gasteiger partial charge in [0.15, 0.2) is 0 Å². The van der Waals surface area contributed by atoms with Crippen molar-refractivity contribution in [2.45, 2.75) is 40.0 Å². The predicted octanol–water partition coefficient (Wildman–Crippen LogP) is 3.36. The van der Waals surface area contributed by atoms with Gasteiger partial charge in [-0.2, -0.15) is 0 Å². The molecule has 0 aliphatic carbocycles. The monoisotopic (exact) mass is 293 g/mol. The Balaban J connectivity index is 2.76. The van der Waals surface area contributed by atoms with Crippen LogP contribution in [0.3, 0.4) is 0 Å². The third kappa shape index (κ3) is 5.55. The molecule has 1 aromatic carbocycles. The minimum atomic E-state index is -0.483. The fourth-order valence-electron chi connectivity index (χ4n) is 1.44. The number of nitrogens with zero attached hydrogens (tertiary/aromatic N) is 1. The number of hydrogen-bond acceptors (Lipinski definition) is 4. The number of benzene rings is 1. The normalized spacial score (nSPS) is 11.8. The van der Waals surface area contributed by atoms with E-state index in [9.17, 15) is 9.59 Å². The standard InChI is InChI=1S/C16H23NO4/c1-4-6-12-20-17(21-16(19)13(3)5-2)15(18)14-10-8-7-9-11-14/h7-11,13H,4-6,12H2,1-3H3/t13-/m0/s1. The molecule has 0 N–H and O–H groups in total. The summed E-state index contributed by atoms with van der Waals surface area (Å²) in [5, 5.41) is 0.708. The molecule has 0 radical (unpaired) electrons. The van der Waals surface area contributed by atoms with E-state index in [1.807, 2.05) is 19.9 Å².